The molecule has 4 rings (SSSR count). The largest absolute Gasteiger partial charge is 0.494 e. The van der Waals surface area contributed by atoms with Crippen LogP contribution >= 0.6 is 0 Å². The molecule has 0 radical (unpaired) electrons. The van der Waals surface area contributed by atoms with Crippen LogP contribution in [0.25, 0.3) is 0 Å². The maximum absolute atomic E-state index is 11.9. The van der Waals surface area contributed by atoms with Crippen molar-refractivity contribution in [3.8, 4) is 11.5 Å². The lowest BCUT2D eigenvalue weighted by Gasteiger charge is -2.40. The van der Waals surface area contributed by atoms with Gasteiger partial charge in [-0.1, -0.05) is 29.8 Å². The standard InChI is InChI=1S/C30H42N2O4/c1-24-8-13-28(25(2)21-24)36-23-30(34-3)14-18-31(19-15-30)22-26-9-11-27(12-10-26)35-20-6-17-32-16-5-4-7-29(32)33/h8-13,21H,4-7,14-20,22-23H2,1-3H3. The molecule has 0 bridgehead atoms. The summed E-state index contributed by atoms with van der Waals surface area (Å²) in [5.74, 6) is 2.13. The Morgan fingerprint density at radius 2 is 1.72 bits per heavy atom. The van der Waals surface area contributed by atoms with E-state index in [1.165, 1.54) is 16.7 Å². The zero-order chi connectivity index (χ0) is 25.4. The molecule has 1 amide bonds. The number of amides is 1. The molecule has 0 aliphatic carbocycles. The van der Waals surface area contributed by atoms with E-state index in [-0.39, 0.29) is 5.60 Å². The number of hydrogen-bond donors (Lipinski definition) is 0. The minimum atomic E-state index is -0.232. The van der Waals surface area contributed by atoms with Crippen LogP contribution in [0, 0.1) is 13.8 Å². The van der Waals surface area contributed by atoms with Crippen molar-refractivity contribution in [2.24, 2.45) is 0 Å². The lowest BCUT2D eigenvalue weighted by Crippen LogP contribution is -2.48. The first-order valence-corrected chi connectivity index (χ1v) is 13.4. The molecule has 2 aliphatic heterocycles. The van der Waals surface area contributed by atoms with Crippen LogP contribution in [0.3, 0.4) is 0 Å². The van der Waals surface area contributed by atoms with Gasteiger partial charge in [0.05, 0.1) is 6.61 Å². The minimum Gasteiger partial charge on any atom is -0.494 e. The minimum absolute atomic E-state index is 0.232. The van der Waals surface area contributed by atoms with E-state index in [1.54, 1.807) is 0 Å². The van der Waals surface area contributed by atoms with Crippen LogP contribution < -0.4 is 9.47 Å². The molecule has 2 aromatic carbocycles. The SMILES string of the molecule is COC1(COc2ccc(C)cc2C)CCN(Cc2ccc(OCCCN3CCCCC3=O)cc2)CC1. The summed E-state index contributed by atoms with van der Waals surface area (Å²) in [6, 6.07) is 14.7. The van der Waals surface area contributed by atoms with E-state index >= 15 is 0 Å². The molecule has 0 unspecified atom stereocenters. The van der Waals surface area contributed by atoms with Crippen molar-refractivity contribution in [2.75, 3.05) is 46.5 Å². The van der Waals surface area contributed by atoms with Gasteiger partial charge in [0.1, 0.15) is 23.7 Å². The molecule has 0 atom stereocenters. The van der Waals surface area contributed by atoms with Gasteiger partial charge in [-0.25, -0.2) is 0 Å². The number of carbonyl (C=O) groups excluding carboxylic acids is 1. The topological polar surface area (TPSA) is 51.2 Å². The summed E-state index contributed by atoms with van der Waals surface area (Å²) < 4.78 is 18.1. The second kappa shape index (κ2) is 12.6. The summed E-state index contributed by atoms with van der Waals surface area (Å²) in [5, 5.41) is 0. The first-order chi connectivity index (χ1) is 17.5. The third-order valence-corrected chi connectivity index (χ3v) is 7.61. The van der Waals surface area contributed by atoms with Crippen LogP contribution in [0.1, 0.15) is 55.2 Å². The van der Waals surface area contributed by atoms with Crippen molar-refractivity contribution in [2.45, 2.75) is 64.5 Å². The van der Waals surface area contributed by atoms with Crippen LogP contribution in [0.2, 0.25) is 0 Å². The Labute approximate surface area is 216 Å². The molecule has 6 nitrogen and oxygen atoms in total. The average Bonchev–Trinajstić information content (AvgIpc) is 2.89. The number of hydrogen-bond acceptors (Lipinski definition) is 5. The highest BCUT2D eigenvalue weighted by Crippen LogP contribution is 2.29. The Morgan fingerprint density at radius 3 is 2.42 bits per heavy atom. The number of nitrogens with zero attached hydrogens (tertiary/aromatic N) is 2. The lowest BCUT2D eigenvalue weighted by molar-refractivity contribution is -0.133. The quantitative estimate of drug-likeness (QED) is 0.405. The molecule has 0 aromatic heterocycles. The molecule has 196 valence electrons. The molecular weight excluding hydrogens is 452 g/mol. The Morgan fingerprint density at radius 1 is 0.944 bits per heavy atom. The number of methoxy groups -OCH3 is 1. The van der Waals surface area contributed by atoms with Gasteiger partial charge in [-0.2, -0.15) is 0 Å². The van der Waals surface area contributed by atoms with Gasteiger partial charge in [0, 0.05) is 46.3 Å². The van der Waals surface area contributed by atoms with Gasteiger partial charge >= 0.3 is 0 Å². The predicted octanol–water partition coefficient (Wildman–Crippen LogP) is 5.14. The average molecular weight is 495 g/mol. The van der Waals surface area contributed by atoms with Gasteiger partial charge in [-0.05, 0) is 75.3 Å². The van der Waals surface area contributed by atoms with E-state index in [1.807, 2.05) is 12.0 Å². The molecule has 2 saturated heterocycles. The Kier molecular flexibility index (Phi) is 9.27. The van der Waals surface area contributed by atoms with Gasteiger partial charge in [0.2, 0.25) is 5.91 Å². The summed E-state index contributed by atoms with van der Waals surface area (Å²) in [6.07, 6.45) is 5.64. The number of benzene rings is 2. The first-order valence-electron chi connectivity index (χ1n) is 13.4. The van der Waals surface area contributed by atoms with Crippen LogP contribution in [0.4, 0.5) is 0 Å². The number of ether oxygens (including phenoxy) is 3. The molecule has 2 aliphatic rings. The van der Waals surface area contributed by atoms with Gasteiger partial charge in [0.15, 0.2) is 0 Å². The number of aryl methyl sites for hydroxylation is 2. The highest BCUT2D eigenvalue weighted by molar-refractivity contribution is 5.76. The fourth-order valence-corrected chi connectivity index (χ4v) is 5.19. The third-order valence-electron chi connectivity index (χ3n) is 7.61. The van der Waals surface area contributed by atoms with E-state index in [0.717, 1.165) is 76.3 Å². The van der Waals surface area contributed by atoms with Crippen LogP contribution in [0.15, 0.2) is 42.5 Å². The highest BCUT2D eigenvalue weighted by atomic mass is 16.5. The molecule has 6 heteroatoms. The Balaban J connectivity index is 1.18. The smallest absolute Gasteiger partial charge is 0.222 e. The summed E-state index contributed by atoms with van der Waals surface area (Å²) in [7, 11) is 1.81. The van der Waals surface area contributed by atoms with E-state index < -0.39 is 0 Å². The molecule has 2 heterocycles. The Bertz CT molecular complexity index is 983. The molecular formula is C30H42N2O4. The van der Waals surface area contributed by atoms with E-state index in [0.29, 0.717) is 25.5 Å². The molecule has 2 fully saturated rings. The zero-order valence-corrected chi connectivity index (χ0v) is 22.3. The van der Waals surface area contributed by atoms with Crippen molar-refractivity contribution >= 4 is 5.91 Å². The van der Waals surface area contributed by atoms with Crippen LogP contribution in [-0.4, -0.2) is 67.8 Å². The second-order valence-electron chi connectivity index (χ2n) is 10.4. The van der Waals surface area contributed by atoms with Crippen molar-refractivity contribution in [1.29, 1.82) is 0 Å². The summed E-state index contributed by atoms with van der Waals surface area (Å²) >= 11 is 0. The number of rotatable bonds is 11. The summed E-state index contributed by atoms with van der Waals surface area (Å²) in [6.45, 7) is 10.0. The highest BCUT2D eigenvalue weighted by Gasteiger charge is 2.35. The molecule has 0 spiro atoms. The van der Waals surface area contributed by atoms with Gasteiger partial charge < -0.3 is 19.1 Å². The van der Waals surface area contributed by atoms with Crippen molar-refractivity contribution in [3.05, 3.63) is 59.2 Å². The monoisotopic (exact) mass is 494 g/mol. The molecule has 0 N–H and O–H groups in total. The molecule has 0 saturated carbocycles. The Hall–Kier alpha value is -2.57. The maximum Gasteiger partial charge on any atom is 0.222 e. The van der Waals surface area contributed by atoms with E-state index in [2.05, 4.69) is 61.2 Å². The predicted molar refractivity (Wildman–Crippen MR) is 143 cm³/mol. The van der Waals surface area contributed by atoms with Crippen LogP contribution in [-0.2, 0) is 16.1 Å². The van der Waals surface area contributed by atoms with E-state index in [9.17, 15) is 4.79 Å². The fraction of sp³-hybridized carbons (Fsp3) is 0.567. The second-order valence-corrected chi connectivity index (χ2v) is 10.4. The number of likely N-dealkylation sites (tertiary alicyclic amines) is 2. The summed E-state index contributed by atoms with van der Waals surface area (Å²) in [5.41, 5.74) is 3.48. The third kappa shape index (κ3) is 7.23. The van der Waals surface area contributed by atoms with Crippen LogP contribution in [0.5, 0.6) is 11.5 Å². The van der Waals surface area contributed by atoms with Crippen molar-refractivity contribution in [1.82, 2.24) is 9.80 Å². The van der Waals surface area contributed by atoms with Gasteiger partial charge in [-0.3, -0.25) is 9.69 Å². The molecule has 36 heavy (non-hydrogen) atoms. The number of carbonyl (C=O) groups is 1. The molecule has 2 aromatic rings. The van der Waals surface area contributed by atoms with Gasteiger partial charge in [-0.15, -0.1) is 0 Å². The number of piperidine rings is 2. The lowest BCUT2D eigenvalue weighted by atomic mass is 9.91. The van der Waals surface area contributed by atoms with E-state index in [4.69, 9.17) is 14.2 Å². The van der Waals surface area contributed by atoms with Gasteiger partial charge in [0.25, 0.3) is 0 Å². The van der Waals surface area contributed by atoms with Crippen molar-refractivity contribution < 1.29 is 19.0 Å². The zero-order valence-electron chi connectivity index (χ0n) is 22.3. The summed E-state index contributed by atoms with van der Waals surface area (Å²) in [4.78, 5) is 16.4. The fourth-order valence-electron chi connectivity index (χ4n) is 5.19. The normalized spacial score (nSPS) is 18.3. The van der Waals surface area contributed by atoms with Crippen molar-refractivity contribution in [3.63, 3.8) is 0 Å². The first kappa shape index (κ1) is 26.5. The maximum atomic E-state index is 11.9.